The van der Waals surface area contributed by atoms with Crippen molar-refractivity contribution >= 4 is 5.96 Å². The SMILES string of the molecule is CN1CCCC2(CN=C(N)N2CC2CCCO2)C1. The minimum absolute atomic E-state index is 0.142. The lowest BCUT2D eigenvalue weighted by atomic mass is 9.88. The van der Waals surface area contributed by atoms with Crippen molar-refractivity contribution in [1.29, 1.82) is 0 Å². The lowest BCUT2D eigenvalue weighted by molar-refractivity contribution is 0.0367. The highest BCUT2D eigenvalue weighted by atomic mass is 16.5. The van der Waals surface area contributed by atoms with Crippen LogP contribution in [0.5, 0.6) is 0 Å². The van der Waals surface area contributed by atoms with Gasteiger partial charge in [0.1, 0.15) is 0 Å². The van der Waals surface area contributed by atoms with Crippen LogP contribution in [0, 0.1) is 0 Å². The smallest absolute Gasteiger partial charge is 0.192 e. The van der Waals surface area contributed by atoms with Crippen molar-refractivity contribution < 1.29 is 4.74 Å². The van der Waals surface area contributed by atoms with Crippen molar-refractivity contribution in [2.45, 2.75) is 37.3 Å². The fraction of sp³-hybridized carbons (Fsp3) is 0.923. The fourth-order valence-corrected chi connectivity index (χ4v) is 3.61. The topological polar surface area (TPSA) is 54.1 Å². The normalized spacial score (nSPS) is 37.5. The van der Waals surface area contributed by atoms with Crippen molar-refractivity contribution in [3.8, 4) is 0 Å². The number of aliphatic imine (C=N–C) groups is 1. The van der Waals surface area contributed by atoms with Gasteiger partial charge in [0.2, 0.25) is 0 Å². The molecule has 0 bridgehead atoms. The Morgan fingerprint density at radius 2 is 2.39 bits per heavy atom. The highest BCUT2D eigenvalue weighted by Gasteiger charge is 2.45. The molecule has 18 heavy (non-hydrogen) atoms. The summed E-state index contributed by atoms with van der Waals surface area (Å²) in [7, 11) is 2.19. The molecule has 0 aliphatic carbocycles. The van der Waals surface area contributed by atoms with Gasteiger partial charge in [-0.05, 0) is 39.3 Å². The van der Waals surface area contributed by atoms with Gasteiger partial charge in [-0.1, -0.05) is 0 Å². The molecular formula is C13H24N4O. The molecule has 0 aromatic carbocycles. The zero-order chi connectivity index (χ0) is 12.6. The molecule has 3 rings (SSSR count). The van der Waals surface area contributed by atoms with E-state index in [2.05, 4.69) is 21.8 Å². The summed E-state index contributed by atoms with van der Waals surface area (Å²) in [5, 5.41) is 0. The van der Waals surface area contributed by atoms with Crippen molar-refractivity contribution in [3.63, 3.8) is 0 Å². The van der Waals surface area contributed by atoms with E-state index in [1.54, 1.807) is 0 Å². The number of nitrogens with zero attached hydrogens (tertiary/aromatic N) is 3. The van der Waals surface area contributed by atoms with Crippen molar-refractivity contribution in [3.05, 3.63) is 0 Å². The summed E-state index contributed by atoms with van der Waals surface area (Å²) in [4.78, 5) is 9.24. The van der Waals surface area contributed by atoms with Crippen LogP contribution in [0.2, 0.25) is 0 Å². The van der Waals surface area contributed by atoms with E-state index >= 15 is 0 Å². The summed E-state index contributed by atoms with van der Waals surface area (Å²) < 4.78 is 5.76. The first-order valence-corrected chi connectivity index (χ1v) is 7.07. The Labute approximate surface area is 109 Å². The summed E-state index contributed by atoms with van der Waals surface area (Å²) in [6.07, 6.45) is 5.13. The zero-order valence-corrected chi connectivity index (χ0v) is 11.3. The average Bonchev–Trinajstić information content (AvgIpc) is 2.94. The molecule has 0 aromatic heterocycles. The highest BCUT2D eigenvalue weighted by molar-refractivity contribution is 5.81. The summed E-state index contributed by atoms with van der Waals surface area (Å²) in [6, 6.07) is 0. The second-order valence-corrected chi connectivity index (χ2v) is 5.99. The molecule has 1 spiro atoms. The number of guanidine groups is 1. The van der Waals surface area contributed by atoms with Crippen LogP contribution in [0.4, 0.5) is 0 Å². The van der Waals surface area contributed by atoms with E-state index in [0.717, 1.165) is 38.6 Å². The molecule has 0 amide bonds. The highest BCUT2D eigenvalue weighted by Crippen LogP contribution is 2.32. The maximum atomic E-state index is 6.11. The molecule has 3 aliphatic rings. The monoisotopic (exact) mass is 252 g/mol. The second-order valence-electron chi connectivity index (χ2n) is 5.99. The van der Waals surface area contributed by atoms with Gasteiger partial charge < -0.3 is 20.3 Å². The Balaban J connectivity index is 1.73. The van der Waals surface area contributed by atoms with Gasteiger partial charge in [0.25, 0.3) is 0 Å². The predicted octanol–water partition coefficient (Wildman–Crippen LogP) is 0.260. The van der Waals surface area contributed by atoms with Gasteiger partial charge in [-0.2, -0.15) is 0 Å². The summed E-state index contributed by atoms with van der Waals surface area (Å²) in [5.74, 6) is 0.723. The molecule has 2 saturated heterocycles. The lowest BCUT2D eigenvalue weighted by Crippen LogP contribution is -2.61. The van der Waals surface area contributed by atoms with E-state index in [9.17, 15) is 0 Å². The first kappa shape index (κ1) is 12.2. The van der Waals surface area contributed by atoms with Gasteiger partial charge in [-0.25, -0.2) is 0 Å². The van der Waals surface area contributed by atoms with Gasteiger partial charge in [0.15, 0.2) is 5.96 Å². The van der Waals surface area contributed by atoms with Gasteiger partial charge in [-0.15, -0.1) is 0 Å². The molecule has 5 nitrogen and oxygen atoms in total. The van der Waals surface area contributed by atoms with Gasteiger partial charge >= 0.3 is 0 Å². The molecule has 2 N–H and O–H groups in total. The van der Waals surface area contributed by atoms with E-state index in [1.807, 2.05) is 0 Å². The van der Waals surface area contributed by atoms with Crippen LogP contribution in [-0.2, 0) is 4.74 Å². The fourth-order valence-electron chi connectivity index (χ4n) is 3.61. The van der Waals surface area contributed by atoms with Crippen LogP contribution in [0.25, 0.3) is 0 Å². The quantitative estimate of drug-likeness (QED) is 0.766. The molecule has 102 valence electrons. The third-order valence-electron chi connectivity index (χ3n) is 4.54. The number of ether oxygens (including phenoxy) is 1. The molecule has 2 fully saturated rings. The number of hydrogen-bond acceptors (Lipinski definition) is 5. The number of likely N-dealkylation sites (N-methyl/N-ethyl adjacent to an activating group) is 1. The van der Waals surface area contributed by atoms with Crippen LogP contribution in [0.15, 0.2) is 4.99 Å². The lowest BCUT2D eigenvalue weighted by Gasteiger charge is -2.45. The van der Waals surface area contributed by atoms with Crippen LogP contribution in [0.1, 0.15) is 25.7 Å². The third-order valence-corrected chi connectivity index (χ3v) is 4.54. The van der Waals surface area contributed by atoms with E-state index in [-0.39, 0.29) is 5.54 Å². The number of piperidine rings is 1. The van der Waals surface area contributed by atoms with Crippen LogP contribution in [-0.4, -0.2) is 67.2 Å². The van der Waals surface area contributed by atoms with Gasteiger partial charge in [-0.3, -0.25) is 4.99 Å². The zero-order valence-electron chi connectivity index (χ0n) is 11.3. The molecule has 3 heterocycles. The van der Waals surface area contributed by atoms with Crippen molar-refractivity contribution in [2.24, 2.45) is 10.7 Å². The first-order valence-electron chi connectivity index (χ1n) is 7.07. The standard InChI is InChI=1S/C13H24N4O/c1-16-6-3-5-13(10-16)9-15-12(14)17(13)8-11-4-2-7-18-11/h11H,2-10H2,1H3,(H2,14,15). The van der Waals surface area contributed by atoms with E-state index in [4.69, 9.17) is 10.5 Å². The minimum Gasteiger partial charge on any atom is -0.376 e. The number of nitrogens with two attached hydrogens (primary N) is 1. The Hall–Kier alpha value is -0.810. The maximum Gasteiger partial charge on any atom is 0.192 e. The summed E-state index contributed by atoms with van der Waals surface area (Å²) in [5.41, 5.74) is 6.25. The number of rotatable bonds is 2. The minimum atomic E-state index is 0.142. The Morgan fingerprint density at radius 3 is 3.11 bits per heavy atom. The average molecular weight is 252 g/mol. The largest absolute Gasteiger partial charge is 0.376 e. The van der Waals surface area contributed by atoms with E-state index in [1.165, 1.54) is 25.8 Å². The predicted molar refractivity (Wildman–Crippen MR) is 71.6 cm³/mol. The molecule has 2 atom stereocenters. The Kier molecular flexibility index (Phi) is 3.20. The van der Waals surface area contributed by atoms with E-state index in [0.29, 0.717) is 6.10 Å². The molecule has 2 unspecified atom stereocenters. The molecule has 0 radical (unpaired) electrons. The van der Waals surface area contributed by atoms with Gasteiger partial charge in [0.05, 0.1) is 18.2 Å². The van der Waals surface area contributed by atoms with E-state index < -0.39 is 0 Å². The number of hydrogen-bond donors (Lipinski definition) is 1. The van der Waals surface area contributed by atoms with Crippen LogP contribution >= 0.6 is 0 Å². The summed E-state index contributed by atoms with van der Waals surface area (Å²) >= 11 is 0. The van der Waals surface area contributed by atoms with Crippen molar-refractivity contribution in [2.75, 3.05) is 39.8 Å². The number of likely N-dealkylation sites (tertiary alicyclic amines) is 1. The molecule has 3 aliphatic heterocycles. The van der Waals surface area contributed by atoms with Crippen LogP contribution in [0.3, 0.4) is 0 Å². The van der Waals surface area contributed by atoms with Crippen molar-refractivity contribution in [1.82, 2.24) is 9.80 Å². The Morgan fingerprint density at radius 1 is 1.50 bits per heavy atom. The molecule has 5 heteroatoms. The molecule has 0 saturated carbocycles. The summed E-state index contributed by atoms with van der Waals surface area (Å²) in [6.45, 7) is 4.95. The van der Waals surface area contributed by atoms with Crippen LogP contribution < -0.4 is 5.73 Å². The van der Waals surface area contributed by atoms with Gasteiger partial charge in [0, 0.05) is 19.7 Å². The third kappa shape index (κ3) is 2.10. The molecular weight excluding hydrogens is 228 g/mol. The Bertz CT molecular complexity index is 340. The first-order chi connectivity index (χ1) is 8.70. The molecule has 0 aromatic rings. The second kappa shape index (κ2) is 4.70. The maximum absolute atomic E-state index is 6.11.